The molecule has 0 saturated heterocycles. The van der Waals surface area contributed by atoms with E-state index < -0.39 is 0 Å². The Morgan fingerprint density at radius 3 is 2.76 bits per heavy atom. The second kappa shape index (κ2) is 6.41. The van der Waals surface area contributed by atoms with E-state index in [1.807, 2.05) is 13.0 Å². The zero-order valence-electron chi connectivity index (χ0n) is 9.92. The van der Waals surface area contributed by atoms with Crippen LogP contribution >= 0.6 is 15.9 Å². The summed E-state index contributed by atoms with van der Waals surface area (Å²) in [7, 11) is 0. The number of ether oxygens (including phenoxy) is 1. The zero-order chi connectivity index (χ0) is 12.8. The Kier molecular flexibility index (Phi) is 5.17. The molecular formula is C13H14BrNO2. The molecule has 1 rings (SSSR count). The van der Waals surface area contributed by atoms with Gasteiger partial charge in [0.2, 0.25) is 0 Å². The third-order valence-corrected chi connectivity index (χ3v) is 2.98. The lowest BCUT2D eigenvalue weighted by Gasteiger charge is -2.10. The number of carbonyl (C=O) groups is 1. The number of hydrogen-bond acceptors (Lipinski definition) is 3. The van der Waals surface area contributed by atoms with Crippen molar-refractivity contribution in [2.45, 2.75) is 25.6 Å². The summed E-state index contributed by atoms with van der Waals surface area (Å²) in [5.41, 5.74) is 3.29. The van der Waals surface area contributed by atoms with Gasteiger partial charge < -0.3 is 4.74 Å². The summed E-state index contributed by atoms with van der Waals surface area (Å²) in [6, 6.07) is 5.90. The minimum Gasteiger partial charge on any atom is -0.466 e. The molecule has 0 atom stereocenters. The maximum atomic E-state index is 11.5. The highest BCUT2D eigenvalue weighted by atomic mass is 79.9. The van der Waals surface area contributed by atoms with Crippen LogP contribution in [0.15, 0.2) is 12.1 Å². The van der Waals surface area contributed by atoms with Gasteiger partial charge in [-0.3, -0.25) is 4.79 Å². The fourth-order valence-electron chi connectivity index (χ4n) is 1.68. The van der Waals surface area contributed by atoms with Crippen molar-refractivity contribution in [3.63, 3.8) is 0 Å². The Balaban J connectivity index is 3.12. The number of alkyl halides is 1. The molecule has 1 aromatic rings. The van der Waals surface area contributed by atoms with E-state index in [0.29, 0.717) is 17.5 Å². The summed E-state index contributed by atoms with van der Waals surface area (Å²) in [5, 5.41) is 9.71. The molecule has 0 N–H and O–H groups in total. The largest absolute Gasteiger partial charge is 0.466 e. The number of esters is 1. The fourth-order valence-corrected chi connectivity index (χ4v) is 2.18. The van der Waals surface area contributed by atoms with Crippen LogP contribution in [0.5, 0.6) is 0 Å². The molecule has 0 aliphatic carbocycles. The van der Waals surface area contributed by atoms with Gasteiger partial charge in [0, 0.05) is 5.33 Å². The van der Waals surface area contributed by atoms with Crippen LogP contribution in [-0.4, -0.2) is 12.6 Å². The first-order valence-electron chi connectivity index (χ1n) is 5.36. The van der Waals surface area contributed by atoms with E-state index in [4.69, 9.17) is 10.00 Å². The van der Waals surface area contributed by atoms with Gasteiger partial charge in [-0.25, -0.2) is 0 Å². The summed E-state index contributed by atoms with van der Waals surface area (Å²) in [6.45, 7) is 4.06. The van der Waals surface area contributed by atoms with Crippen LogP contribution in [0.4, 0.5) is 0 Å². The van der Waals surface area contributed by atoms with Crippen molar-refractivity contribution in [2.75, 3.05) is 6.61 Å². The first kappa shape index (κ1) is 13.7. The Morgan fingerprint density at radius 1 is 1.53 bits per heavy atom. The van der Waals surface area contributed by atoms with Gasteiger partial charge in [0.05, 0.1) is 24.7 Å². The third-order valence-electron chi connectivity index (χ3n) is 2.38. The molecule has 4 heteroatoms. The first-order valence-corrected chi connectivity index (χ1v) is 6.48. The van der Waals surface area contributed by atoms with Crippen molar-refractivity contribution in [3.05, 3.63) is 34.4 Å². The Hall–Kier alpha value is -1.34. The van der Waals surface area contributed by atoms with E-state index in [9.17, 15) is 4.79 Å². The minimum atomic E-state index is -0.296. The molecule has 0 amide bonds. The van der Waals surface area contributed by atoms with Gasteiger partial charge in [0.15, 0.2) is 0 Å². The van der Waals surface area contributed by atoms with E-state index in [2.05, 4.69) is 22.0 Å². The topological polar surface area (TPSA) is 50.1 Å². The van der Waals surface area contributed by atoms with E-state index in [1.54, 1.807) is 13.0 Å². The van der Waals surface area contributed by atoms with Crippen molar-refractivity contribution in [3.8, 4) is 6.07 Å². The van der Waals surface area contributed by atoms with E-state index in [1.165, 1.54) is 0 Å². The molecule has 90 valence electrons. The lowest BCUT2D eigenvalue weighted by molar-refractivity contribution is -0.142. The molecule has 0 saturated carbocycles. The van der Waals surface area contributed by atoms with Gasteiger partial charge in [-0.1, -0.05) is 22.0 Å². The van der Waals surface area contributed by atoms with Crippen molar-refractivity contribution >= 4 is 21.9 Å². The summed E-state index contributed by atoms with van der Waals surface area (Å²) in [5.74, 6) is -0.296. The predicted molar refractivity (Wildman–Crippen MR) is 68.9 cm³/mol. The van der Waals surface area contributed by atoms with Gasteiger partial charge in [-0.2, -0.15) is 5.26 Å². The maximum Gasteiger partial charge on any atom is 0.310 e. The zero-order valence-corrected chi connectivity index (χ0v) is 11.5. The normalized spacial score (nSPS) is 9.76. The molecule has 0 spiro atoms. The molecule has 0 bridgehead atoms. The monoisotopic (exact) mass is 295 g/mol. The fraction of sp³-hybridized carbons (Fsp3) is 0.385. The second-order valence-corrected chi connectivity index (χ2v) is 4.24. The number of rotatable bonds is 4. The van der Waals surface area contributed by atoms with Crippen LogP contribution in [0, 0.1) is 18.3 Å². The Bertz CT molecular complexity index is 463. The van der Waals surface area contributed by atoms with Crippen LogP contribution in [-0.2, 0) is 21.3 Å². The molecule has 17 heavy (non-hydrogen) atoms. The van der Waals surface area contributed by atoms with Gasteiger partial charge in [-0.15, -0.1) is 0 Å². The molecule has 0 aromatic heterocycles. The number of carbonyl (C=O) groups excluding carboxylic acids is 1. The quantitative estimate of drug-likeness (QED) is 0.634. The maximum absolute atomic E-state index is 11.5. The van der Waals surface area contributed by atoms with E-state index >= 15 is 0 Å². The highest BCUT2D eigenvalue weighted by Gasteiger charge is 2.13. The average molecular weight is 296 g/mol. The molecule has 0 radical (unpaired) electrons. The molecule has 3 nitrogen and oxygen atoms in total. The number of nitriles is 1. The predicted octanol–water partition coefficient (Wildman–Crippen LogP) is 2.87. The van der Waals surface area contributed by atoms with Crippen LogP contribution in [0.3, 0.4) is 0 Å². The smallest absolute Gasteiger partial charge is 0.310 e. The van der Waals surface area contributed by atoms with Crippen LogP contribution < -0.4 is 0 Å². The standard InChI is InChI=1S/C13H14BrNO2/c1-3-17-13(16)6-12-10(7-14)4-9(2)5-11(12)8-15/h4-5H,3,6-7H2,1-2H3. The molecular weight excluding hydrogens is 282 g/mol. The van der Waals surface area contributed by atoms with Gasteiger partial charge in [0.1, 0.15) is 0 Å². The van der Waals surface area contributed by atoms with Gasteiger partial charge in [0.25, 0.3) is 0 Å². The number of aryl methyl sites for hydroxylation is 1. The first-order chi connectivity index (χ1) is 8.12. The van der Waals surface area contributed by atoms with Gasteiger partial charge >= 0.3 is 5.97 Å². The number of halogens is 1. The van der Waals surface area contributed by atoms with Gasteiger partial charge in [-0.05, 0) is 36.6 Å². The van der Waals surface area contributed by atoms with E-state index in [-0.39, 0.29) is 12.4 Å². The third kappa shape index (κ3) is 3.57. The molecule has 0 heterocycles. The average Bonchev–Trinajstić information content (AvgIpc) is 2.31. The molecule has 0 aliphatic rings. The van der Waals surface area contributed by atoms with Crippen LogP contribution in [0.1, 0.15) is 29.2 Å². The summed E-state index contributed by atoms with van der Waals surface area (Å²) >= 11 is 3.37. The molecule has 0 unspecified atom stereocenters. The number of nitrogens with zero attached hydrogens (tertiary/aromatic N) is 1. The Morgan fingerprint density at radius 2 is 2.24 bits per heavy atom. The highest BCUT2D eigenvalue weighted by Crippen LogP contribution is 2.20. The van der Waals surface area contributed by atoms with Crippen molar-refractivity contribution in [1.82, 2.24) is 0 Å². The second-order valence-electron chi connectivity index (χ2n) is 3.68. The SMILES string of the molecule is CCOC(=O)Cc1c(C#N)cc(C)cc1CBr. The summed E-state index contributed by atoms with van der Waals surface area (Å²) in [4.78, 5) is 11.5. The lowest BCUT2D eigenvalue weighted by Crippen LogP contribution is -2.10. The summed E-state index contributed by atoms with van der Waals surface area (Å²) in [6.07, 6.45) is 0.151. The molecule has 0 aliphatic heterocycles. The van der Waals surface area contributed by atoms with Crippen molar-refractivity contribution in [1.29, 1.82) is 5.26 Å². The molecule has 1 aromatic carbocycles. The van der Waals surface area contributed by atoms with E-state index in [0.717, 1.165) is 16.7 Å². The molecule has 0 fully saturated rings. The van der Waals surface area contributed by atoms with Crippen molar-refractivity contribution in [2.24, 2.45) is 0 Å². The minimum absolute atomic E-state index is 0.151. The highest BCUT2D eigenvalue weighted by molar-refractivity contribution is 9.08. The number of benzene rings is 1. The van der Waals surface area contributed by atoms with Crippen LogP contribution in [0.2, 0.25) is 0 Å². The Labute approximate surface area is 110 Å². The van der Waals surface area contributed by atoms with Crippen LogP contribution in [0.25, 0.3) is 0 Å². The summed E-state index contributed by atoms with van der Waals surface area (Å²) < 4.78 is 4.91. The lowest BCUT2D eigenvalue weighted by atomic mass is 9.97. The van der Waals surface area contributed by atoms with Crippen molar-refractivity contribution < 1.29 is 9.53 Å². The number of hydrogen-bond donors (Lipinski definition) is 0.